The predicted molar refractivity (Wildman–Crippen MR) is 40.5 cm³/mol. The lowest BCUT2D eigenvalue weighted by atomic mass is 9.84. The molecule has 0 aromatic heterocycles. The Bertz CT molecular complexity index is 82.6. The molecule has 0 atom stereocenters. The van der Waals surface area contributed by atoms with Crippen LogP contribution in [-0.2, 0) is 0 Å². The summed E-state index contributed by atoms with van der Waals surface area (Å²) in [6, 6.07) is 0. The van der Waals surface area contributed by atoms with Gasteiger partial charge in [-0.2, -0.15) is 0 Å². The molecule has 9 heavy (non-hydrogen) atoms. The summed E-state index contributed by atoms with van der Waals surface area (Å²) in [5.74, 6) is 0. The maximum atomic E-state index is 3.38. The molecule has 1 heteroatoms. The van der Waals surface area contributed by atoms with E-state index in [1.807, 2.05) is 0 Å². The molecule has 0 aromatic carbocycles. The average molecular weight is 127 g/mol. The average Bonchev–Trinajstić information content (AvgIpc) is 1.90. The van der Waals surface area contributed by atoms with Crippen LogP contribution >= 0.6 is 0 Å². The normalized spacial score (nSPS) is 26.0. The first-order valence-corrected chi connectivity index (χ1v) is 3.96. The monoisotopic (exact) mass is 127 g/mol. The highest BCUT2D eigenvalue weighted by Crippen LogP contribution is 2.26. The van der Waals surface area contributed by atoms with Crippen molar-refractivity contribution in [2.45, 2.75) is 44.6 Å². The maximum absolute atomic E-state index is 3.38. The summed E-state index contributed by atoms with van der Waals surface area (Å²) in [4.78, 5) is 0. The Morgan fingerprint density at radius 2 is 1.67 bits per heavy atom. The number of rotatable bonds is 1. The molecule has 0 aromatic rings. The largest absolute Gasteiger partial charge is 0.315 e. The van der Waals surface area contributed by atoms with Crippen molar-refractivity contribution >= 4 is 0 Å². The highest BCUT2D eigenvalue weighted by atomic mass is 14.9. The molecule has 1 saturated carbocycles. The van der Waals surface area contributed by atoms with E-state index in [2.05, 4.69) is 19.3 Å². The molecule has 0 unspecified atom stereocenters. The van der Waals surface area contributed by atoms with Gasteiger partial charge in [0.25, 0.3) is 0 Å². The third-order valence-corrected chi connectivity index (χ3v) is 2.56. The highest BCUT2D eigenvalue weighted by Gasteiger charge is 2.23. The van der Waals surface area contributed by atoms with Gasteiger partial charge in [0, 0.05) is 5.54 Å². The first-order chi connectivity index (χ1) is 4.27. The van der Waals surface area contributed by atoms with Crippen LogP contribution < -0.4 is 5.32 Å². The summed E-state index contributed by atoms with van der Waals surface area (Å²) in [7, 11) is 2.07. The summed E-state index contributed by atoms with van der Waals surface area (Å²) in [5, 5.41) is 3.38. The number of hydrogen-bond acceptors (Lipinski definition) is 1. The lowest BCUT2D eigenvalue weighted by Crippen LogP contribution is -2.41. The Hall–Kier alpha value is -0.0400. The zero-order valence-electron chi connectivity index (χ0n) is 6.54. The van der Waals surface area contributed by atoms with Gasteiger partial charge in [-0.25, -0.2) is 0 Å². The lowest BCUT2D eigenvalue weighted by Gasteiger charge is -2.33. The molecule has 0 amide bonds. The molecule has 1 N–H and O–H groups in total. The Morgan fingerprint density at radius 1 is 1.11 bits per heavy atom. The number of nitrogens with one attached hydrogen (secondary N) is 1. The van der Waals surface area contributed by atoms with Crippen LogP contribution in [-0.4, -0.2) is 12.6 Å². The second kappa shape index (κ2) is 2.70. The third kappa shape index (κ3) is 1.68. The summed E-state index contributed by atoms with van der Waals surface area (Å²) >= 11 is 0. The van der Waals surface area contributed by atoms with E-state index in [1.165, 1.54) is 32.1 Å². The molecule has 0 heterocycles. The van der Waals surface area contributed by atoms with Gasteiger partial charge in [-0.05, 0) is 26.8 Å². The molecular formula is C8H17N. The zero-order valence-corrected chi connectivity index (χ0v) is 6.54. The molecule has 1 nitrogen and oxygen atoms in total. The maximum Gasteiger partial charge on any atom is 0.0150 e. The molecule has 1 rings (SSSR count). The minimum absolute atomic E-state index is 0.470. The van der Waals surface area contributed by atoms with Crippen molar-refractivity contribution in [1.82, 2.24) is 5.32 Å². The van der Waals surface area contributed by atoms with Crippen LogP contribution in [0.2, 0.25) is 0 Å². The van der Waals surface area contributed by atoms with Gasteiger partial charge in [-0.1, -0.05) is 19.3 Å². The van der Waals surface area contributed by atoms with Crippen molar-refractivity contribution in [1.29, 1.82) is 0 Å². The minimum atomic E-state index is 0.470. The van der Waals surface area contributed by atoms with E-state index in [0.29, 0.717) is 5.54 Å². The molecule has 0 radical (unpaired) electrons. The molecule has 0 spiro atoms. The molecule has 1 aliphatic carbocycles. The molecular weight excluding hydrogens is 110 g/mol. The van der Waals surface area contributed by atoms with E-state index < -0.39 is 0 Å². The molecule has 1 fully saturated rings. The molecule has 54 valence electrons. The van der Waals surface area contributed by atoms with Crippen LogP contribution in [0.1, 0.15) is 39.0 Å². The molecule has 0 saturated heterocycles. The Morgan fingerprint density at radius 3 is 2.00 bits per heavy atom. The van der Waals surface area contributed by atoms with Crippen LogP contribution in [0.3, 0.4) is 0 Å². The molecule has 0 bridgehead atoms. The quantitative estimate of drug-likeness (QED) is 0.567. The highest BCUT2D eigenvalue weighted by molar-refractivity contribution is 4.84. The van der Waals surface area contributed by atoms with Crippen molar-refractivity contribution in [2.24, 2.45) is 0 Å². The van der Waals surface area contributed by atoms with Crippen LogP contribution in [0.25, 0.3) is 0 Å². The van der Waals surface area contributed by atoms with Gasteiger partial charge in [0.15, 0.2) is 0 Å². The van der Waals surface area contributed by atoms with Gasteiger partial charge in [-0.3, -0.25) is 0 Å². The Balaban J connectivity index is 2.37. The van der Waals surface area contributed by atoms with Crippen LogP contribution in [0, 0.1) is 0 Å². The Kier molecular flexibility index (Phi) is 2.12. The minimum Gasteiger partial charge on any atom is -0.315 e. The summed E-state index contributed by atoms with van der Waals surface area (Å²) in [6.07, 6.45) is 7.00. The second-order valence-electron chi connectivity index (χ2n) is 3.37. The van der Waals surface area contributed by atoms with E-state index in [1.54, 1.807) is 0 Å². The lowest BCUT2D eigenvalue weighted by molar-refractivity contribution is 0.271. The van der Waals surface area contributed by atoms with Crippen molar-refractivity contribution in [2.75, 3.05) is 7.05 Å². The standard InChI is InChI=1S/C8H17N/c1-8(9-2)6-4-3-5-7-8/h9H,3-7H2,1-2H3. The fourth-order valence-electron chi connectivity index (χ4n) is 1.58. The van der Waals surface area contributed by atoms with Crippen molar-refractivity contribution in [3.8, 4) is 0 Å². The van der Waals surface area contributed by atoms with E-state index in [0.717, 1.165) is 0 Å². The van der Waals surface area contributed by atoms with E-state index in [9.17, 15) is 0 Å². The van der Waals surface area contributed by atoms with Crippen LogP contribution in [0.5, 0.6) is 0 Å². The molecule has 1 aliphatic rings. The second-order valence-corrected chi connectivity index (χ2v) is 3.37. The summed E-state index contributed by atoms with van der Waals surface area (Å²) < 4.78 is 0. The van der Waals surface area contributed by atoms with Gasteiger partial charge in [0.1, 0.15) is 0 Å². The fourth-order valence-corrected chi connectivity index (χ4v) is 1.58. The smallest absolute Gasteiger partial charge is 0.0150 e. The van der Waals surface area contributed by atoms with Gasteiger partial charge < -0.3 is 5.32 Å². The first-order valence-electron chi connectivity index (χ1n) is 3.96. The molecule has 0 aliphatic heterocycles. The van der Waals surface area contributed by atoms with E-state index >= 15 is 0 Å². The predicted octanol–water partition coefficient (Wildman–Crippen LogP) is 1.93. The fraction of sp³-hybridized carbons (Fsp3) is 1.00. The van der Waals surface area contributed by atoms with Crippen LogP contribution in [0.4, 0.5) is 0 Å². The SMILES string of the molecule is CNC1(C)CCCCC1. The first kappa shape index (κ1) is 7.07. The van der Waals surface area contributed by atoms with Crippen LogP contribution in [0.15, 0.2) is 0 Å². The van der Waals surface area contributed by atoms with Gasteiger partial charge in [0.2, 0.25) is 0 Å². The van der Waals surface area contributed by atoms with E-state index in [4.69, 9.17) is 0 Å². The van der Waals surface area contributed by atoms with Crippen molar-refractivity contribution in [3.05, 3.63) is 0 Å². The van der Waals surface area contributed by atoms with Gasteiger partial charge in [0.05, 0.1) is 0 Å². The third-order valence-electron chi connectivity index (χ3n) is 2.56. The van der Waals surface area contributed by atoms with E-state index in [-0.39, 0.29) is 0 Å². The van der Waals surface area contributed by atoms with Gasteiger partial charge >= 0.3 is 0 Å². The zero-order chi connectivity index (χ0) is 6.74. The summed E-state index contributed by atoms with van der Waals surface area (Å²) in [6.45, 7) is 2.33. The number of hydrogen-bond donors (Lipinski definition) is 1. The Labute approximate surface area is 57.8 Å². The topological polar surface area (TPSA) is 12.0 Å². The van der Waals surface area contributed by atoms with Crippen molar-refractivity contribution < 1.29 is 0 Å². The van der Waals surface area contributed by atoms with Crippen molar-refractivity contribution in [3.63, 3.8) is 0 Å². The van der Waals surface area contributed by atoms with Gasteiger partial charge in [-0.15, -0.1) is 0 Å². The summed E-state index contributed by atoms with van der Waals surface area (Å²) in [5.41, 5.74) is 0.470.